The summed E-state index contributed by atoms with van der Waals surface area (Å²) in [5.74, 6) is 0.944. The van der Waals surface area contributed by atoms with E-state index in [9.17, 15) is 5.11 Å². The van der Waals surface area contributed by atoms with E-state index in [0.29, 0.717) is 10.6 Å². The molecule has 1 N–H and O–H groups in total. The van der Waals surface area contributed by atoms with Crippen LogP contribution in [0.15, 0.2) is 40.9 Å². The van der Waals surface area contributed by atoms with Gasteiger partial charge >= 0.3 is 0 Å². The first-order valence-corrected chi connectivity index (χ1v) is 7.81. The van der Waals surface area contributed by atoms with E-state index in [4.69, 9.17) is 11.6 Å². The number of aromatic nitrogens is 2. The van der Waals surface area contributed by atoms with E-state index in [1.807, 2.05) is 30.3 Å². The molecule has 0 aliphatic rings. The minimum atomic E-state index is 0.200. The molecule has 0 bridgehead atoms. The summed E-state index contributed by atoms with van der Waals surface area (Å²) in [7, 11) is 0. The van der Waals surface area contributed by atoms with Gasteiger partial charge in [0.1, 0.15) is 11.6 Å². The summed E-state index contributed by atoms with van der Waals surface area (Å²) in [6, 6.07) is 11.3. The first-order chi connectivity index (χ1) is 9.97. The molecule has 5 heteroatoms. The molecule has 0 radical (unpaired) electrons. The lowest BCUT2D eigenvalue weighted by Crippen LogP contribution is -2.03. The first kappa shape index (κ1) is 14.4. The predicted octanol–water partition coefficient (Wildman–Crippen LogP) is 5.41. The number of imidazole rings is 1. The Morgan fingerprint density at radius 1 is 1.19 bits per heavy atom. The van der Waals surface area contributed by atoms with Crippen LogP contribution < -0.4 is 0 Å². The highest BCUT2D eigenvalue weighted by Crippen LogP contribution is 2.35. The summed E-state index contributed by atoms with van der Waals surface area (Å²) in [6.07, 6.45) is 0. The van der Waals surface area contributed by atoms with Crippen LogP contribution in [0.4, 0.5) is 0 Å². The highest BCUT2D eigenvalue weighted by molar-refractivity contribution is 9.10. The van der Waals surface area contributed by atoms with Crippen molar-refractivity contribution in [1.82, 2.24) is 9.55 Å². The number of rotatable bonds is 2. The minimum Gasteiger partial charge on any atom is -0.507 e. The molecule has 0 aliphatic carbocycles. The van der Waals surface area contributed by atoms with Gasteiger partial charge in [0, 0.05) is 15.5 Å². The average molecular weight is 366 g/mol. The molecule has 0 spiro atoms. The normalized spacial score (nSPS) is 11.5. The van der Waals surface area contributed by atoms with Crippen LogP contribution in [0, 0.1) is 0 Å². The van der Waals surface area contributed by atoms with Crippen LogP contribution >= 0.6 is 27.5 Å². The van der Waals surface area contributed by atoms with Crippen molar-refractivity contribution >= 4 is 38.6 Å². The van der Waals surface area contributed by atoms with Crippen LogP contribution in [0.5, 0.6) is 5.75 Å². The Balaban J connectivity index is 2.34. The van der Waals surface area contributed by atoms with Crippen molar-refractivity contribution in [3.8, 4) is 17.1 Å². The number of nitrogens with zero attached hydrogens (tertiary/aromatic N) is 2. The third kappa shape index (κ3) is 2.54. The van der Waals surface area contributed by atoms with Gasteiger partial charge in [-0.3, -0.25) is 0 Å². The second-order valence-electron chi connectivity index (χ2n) is 5.19. The zero-order valence-electron chi connectivity index (χ0n) is 11.6. The molecule has 108 valence electrons. The molecule has 0 saturated heterocycles. The number of fused-ring (bicyclic) bond motifs is 1. The molecular weight excluding hydrogens is 352 g/mol. The smallest absolute Gasteiger partial charge is 0.145 e. The van der Waals surface area contributed by atoms with Crippen LogP contribution in [0.1, 0.15) is 19.9 Å². The van der Waals surface area contributed by atoms with Gasteiger partial charge in [0.2, 0.25) is 0 Å². The fraction of sp³-hybridized carbons (Fsp3) is 0.188. The monoisotopic (exact) mass is 364 g/mol. The fourth-order valence-corrected chi connectivity index (χ4v) is 2.99. The van der Waals surface area contributed by atoms with E-state index in [-0.39, 0.29) is 11.8 Å². The quantitative estimate of drug-likeness (QED) is 0.659. The third-order valence-electron chi connectivity index (χ3n) is 3.37. The van der Waals surface area contributed by atoms with Gasteiger partial charge in [0.15, 0.2) is 0 Å². The van der Waals surface area contributed by atoms with Crippen LogP contribution in [0.3, 0.4) is 0 Å². The standard InChI is InChI=1S/C16H14BrClN2O/c1-9(2)20-14-8-11(18)4-6-13(14)19-16(20)12-5-3-10(17)7-15(12)21/h3-9,21H,1-2H3. The highest BCUT2D eigenvalue weighted by Gasteiger charge is 2.17. The maximum atomic E-state index is 10.2. The summed E-state index contributed by atoms with van der Waals surface area (Å²) >= 11 is 9.46. The van der Waals surface area contributed by atoms with Crippen molar-refractivity contribution in [3.05, 3.63) is 45.9 Å². The van der Waals surface area contributed by atoms with E-state index in [1.54, 1.807) is 6.07 Å². The van der Waals surface area contributed by atoms with Crippen molar-refractivity contribution in [2.24, 2.45) is 0 Å². The maximum absolute atomic E-state index is 10.2. The summed E-state index contributed by atoms with van der Waals surface area (Å²) in [6.45, 7) is 4.17. The Kier molecular flexibility index (Phi) is 3.68. The van der Waals surface area contributed by atoms with E-state index >= 15 is 0 Å². The number of benzene rings is 2. The Bertz CT molecular complexity index is 827. The molecule has 3 rings (SSSR count). The number of halogens is 2. The molecule has 0 unspecified atom stereocenters. The van der Waals surface area contributed by atoms with E-state index in [2.05, 4.69) is 39.3 Å². The van der Waals surface area contributed by atoms with Crippen molar-refractivity contribution < 1.29 is 5.11 Å². The Morgan fingerprint density at radius 2 is 1.95 bits per heavy atom. The lowest BCUT2D eigenvalue weighted by molar-refractivity contribution is 0.475. The predicted molar refractivity (Wildman–Crippen MR) is 89.9 cm³/mol. The Hall–Kier alpha value is -1.52. The molecule has 0 fully saturated rings. The number of hydrogen-bond donors (Lipinski definition) is 1. The number of phenolic OH excluding ortho intramolecular Hbond substituents is 1. The minimum absolute atomic E-state index is 0.200. The lowest BCUT2D eigenvalue weighted by Gasteiger charge is -2.14. The largest absolute Gasteiger partial charge is 0.507 e. The van der Waals surface area contributed by atoms with Crippen LogP contribution in [0.25, 0.3) is 22.4 Å². The van der Waals surface area contributed by atoms with Gasteiger partial charge in [-0.05, 0) is 50.2 Å². The van der Waals surface area contributed by atoms with Crippen molar-refractivity contribution in [2.45, 2.75) is 19.9 Å². The highest BCUT2D eigenvalue weighted by atomic mass is 79.9. The molecule has 2 aromatic carbocycles. The van der Waals surface area contributed by atoms with Gasteiger partial charge in [0.05, 0.1) is 16.6 Å². The summed E-state index contributed by atoms with van der Waals surface area (Å²) < 4.78 is 2.92. The summed E-state index contributed by atoms with van der Waals surface area (Å²) in [5, 5.41) is 10.9. The molecule has 3 nitrogen and oxygen atoms in total. The second-order valence-corrected chi connectivity index (χ2v) is 6.55. The number of hydrogen-bond acceptors (Lipinski definition) is 2. The van der Waals surface area contributed by atoms with Gasteiger partial charge in [-0.1, -0.05) is 27.5 Å². The number of aromatic hydroxyl groups is 1. The van der Waals surface area contributed by atoms with Crippen molar-refractivity contribution in [3.63, 3.8) is 0 Å². The van der Waals surface area contributed by atoms with Gasteiger partial charge in [0.25, 0.3) is 0 Å². The average Bonchev–Trinajstić information content (AvgIpc) is 2.76. The molecule has 0 atom stereocenters. The maximum Gasteiger partial charge on any atom is 0.145 e. The molecular formula is C16H14BrClN2O. The van der Waals surface area contributed by atoms with Gasteiger partial charge < -0.3 is 9.67 Å². The molecule has 0 amide bonds. The molecule has 0 saturated carbocycles. The van der Waals surface area contributed by atoms with E-state index in [1.165, 1.54) is 0 Å². The zero-order chi connectivity index (χ0) is 15.1. The Morgan fingerprint density at radius 3 is 2.62 bits per heavy atom. The van der Waals surface area contributed by atoms with Gasteiger partial charge in [-0.15, -0.1) is 0 Å². The van der Waals surface area contributed by atoms with E-state index < -0.39 is 0 Å². The SMILES string of the molecule is CC(C)n1c(-c2ccc(Br)cc2O)nc2ccc(Cl)cc21. The van der Waals surface area contributed by atoms with Gasteiger partial charge in [-0.2, -0.15) is 0 Å². The second kappa shape index (κ2) is 5.35. The van der Waals surface area contributed by atoms with Gasteiger partial charge in [-0.25, -0.2) is 4.98 Å². The topological polar surface area (TPSA) is 38.0 Å². The zero-order valence-corrected chi connectivity index (χ0v) is 14.0. The molecule has 1 heterocycles. The molecule has 0 aliphatic heterocycles. The summed E-state index contributed by atoms with van der Waals surface area (Å²) in [4.78, 5) is 4.66. The Labute approximate surface area is 136 Å². The van der Waals surface area contributed by atoms with Crippen LogP contribution in [-0.4, -0.2) is 14.7 Å². The summed E-state index contributed by atoms with van der Waals surface area (Å²) in [5.41, 5.74) is 2.54. The lowest BCUT2D eigenvalue weighted by atomic mass is 10.2. The molecule has 3 aromatic rings. The van der Waals surface area contributed by atoms with E-state index in [0.717, 1.165) is 21.3 Å². The van der Waals surface area contributed by atoms with Crippen LogP contribution in [-0.2, 0) is 0 Å². The fourth-order valence-electron chi connectivity index (χ4n) is 2.47. The van der Waals surface area contributed by atoms with Crippen LogP contribution in [0.2, 0.25) is 5.02 Å². The molecule has 21 heavy (non-hydrogen) atoms. The first-order valence-electron chi connectivity index (χ1n) is 6.63. The van der Waals surface area contributed by atoms with Crippen molar-refractivity contribution in [1.29, 1.82) is 0 Å². The van der Waals surface area contributed by atoms with Crippen molar-refractivity contribution in [2.75, 3.05) is 0 Å². The molecule has 1 aromatic heterocycles. The number of phenols is 1. The third-order valence-corrected chi connectivity index (χ3v) is 4.10.